The Morgan fingerprint density at radius 3 is 2.76 bits per heavy atom. The van der Waals surface area contributed by atoms with Crippen LogP contribution < -0.4 is 11.1 Å². The first-order valence-electron chi connectivity index (χ1n) is 7.16. The molecule has 4 nitrogen and oxygen atoms in total. The van der Waals surface area contributed by atoms with Crippen LogP contribution >= 0.6 is 11.6 Å². The van der Waals surface area contributed by atoms with Gasteiger partial charge in [0, 0.05) is 17.0 Å². The summed E-state index contributed by atoms with van der Waals surface area (Å²) in [5, 5.41) is 4.13. The van der Waals surface area contributed by atoms with Crippen molar-refractivity contribution in [2.45, 2.75) is 39.7 Å². The van der Waals surface area contributed by atoms with Gasteiger partial charge in [0.1, 0.15) is 17.5 Å². The van der Waals surface area contributed by atoms with Gasteiger partial charge >= 0.3 is 0 Å². The molecule has 1 aromatic carbocycles. The van der Waals surface area contributed by atoms with Gasteiger partial charge in [-0.15, -0.1) is 0 Å². The minimum atomic E-state index is 0.0891. The highest BCUT2D eigenvalue weighted by Gasteiger charge is 2.12. The fourth-order valence-corrected chi connectivity index (χ4v) is 2.32. The summed E-state index contributed by atoms with van der Waals surface area (Å²) in [5.41, 5.74) is 7.96. The Hall–Kier alpha value is -1.81. The van der Waals surface area contributed by atoms with Gasteiger partial charge in [-0.2, -0.15) is 0 Å². The summed E-state index contributed by atoms with van der Waals surface area (Å²) in [6.45, 7) is 6.10. The van der Waals surface area contributed by atoms with Crippen molar-refractivity contribution >= 4 is 23.2 Å². The zero-order valence-electron chi connectivity index (χ0n) is 12.7. The van der Waals surface area contributed by atoms with Gasteiger partial charge < -0.3 is 11.1 Å². The molecule has 0 saturated heterocycles. The molecule has 2 rings (SSSR count). The molecule has 0 bridgehead atoms. The minimum Gasteiger partial charge on any atom is -0.383 e. The molecule has 2 aromatic rings. The quantitative estimate of drug-likeness (QED) is 0.871. The van der Waals surface area contributed by atoms with Crippen molar-refractivity contribution < 1.29 is 0 Å². The molecule has 5 heteroatoms. The summed E-state index contributed by atoms with van der Waals surface area (Å²) in [5.74, 6) is 2.11. The average molecular weight is 305 g/mol. The van der Waals surface area contributed by atoms with Gasteiger partial charge in [0.15, 0.2) is 0 Å². The molecule has 21 heavy (non-hydrogen) atoms. The Kier molecular flexibility index (Phi) is 5.02. The maximum atomic E-state index is 6.04. The number of hydrogen-bond acceptors (Lipinski definition) is 4. The number of halogens is 1. The van der Waals surface area contributed by atoms with Gasteiger partial charge in [0.05, 0.1) is 6.04 Å². The highest BCUT2D eigenvalue weighted by atomic mass is 35.5. The van der Waals surface area contributed by atoms with Crippen LogP contribution in [0.3, 0.4) is 0 Å². The maximum Gasteiger partial charge on any atom is 0.135 e. The third kappa shape index (κ3) is 3.85. The van der Waals surface area contributed by atoms with E-state index in [1.54, 1.807) is 0 Å². The van der Waals surface area contributed by atoms with Crippen molar-refractivity contribution in [1.29, 1.82) is 0 Å². The van der Waals surface area contributed by atoms with Gasteiger partial charge in [0.25, 0.3) is 0 Å². The zero-order valence-corrected chi connectivity index (χ0v) is 13.4. The molecule has 1 aromatic heterocycles. The molecular formula is C16H21ClN4. The third-order valence-corrected chi connectivity index (χ3v) is 3.64. The Morgan fingerprint density at radius 2 is 2.10 bits per heavy atom. The summed E-state index contributed by atoms with van der Waals surface area (Å²) in [6, 6.07) is 7.89. The van der Waals surface area contributed by atoms with Crippen molar-refractivity contribution in [3.05, 3.63) is 46.2 Å². The van der Waals surface area contributed by atoms with Crippen LogP contribution in [-0.2, 0) is 6.42 Å². The first-order chi connectivity index (χ1) is 10.0. The standard InChI is InChI=1S/C16H21ClN4/c1-4-6-14-20-15(18)10(2)16(21-14)19-11(3)12-7-5-8-13(17)9-12/h5,7-9,11H,4,6H2,1-3H3,(H3,18,19,20,21). The van der Waals surface area contributed by atoms with Gasteiger partial charge in [-0.05, 0) is 38.0 Å². The number of nitrogen functional groups attached to an aromatic ring is 1. The number of nitrogens with two attached hydrogens (primary N) is 1. The maximum absolute atomic E-state index is 6.04. The molecule has 0 aliphatic carbocycles. The molecule has 1 heterocycles. The minimum absolute atomic E-state index is 0.0891. The lowest BCUT2D eigenvalue weighted by Crippen LogP contribution is -2.13. The predicted molar refractivity (Wildman–Crippen MR) is 88.7 cm³/mol. The largest absolute Gasteiger partial charge is 0.383 e. The monoisotopic (exact) mass is 304 g/mol. The molecule has 0 spiro atoms. The van der Waals surface area contributed by atoms with Crippen LogP contribution in [-0.4, -0.2) is 9.97 Å². The number of aryl methyl sites for hydroxylation is 1. The lowest BCUT2D eigenvalue weighted by molar-refractivity contribution is 0.817. The van der Waals surface area contributed by atoms with Crippen molar-refractivity contribution in [2.24, 2.45) is 0 Å². The first-order valence-corrected chi connectivity index (χ1v) is 7.54. The second-order valence-corrected chi connectivity index (χ2v) is 5.61. The van der Waals surface area contributed by atoms with E-state index in [-0.39, 0.29) is 6.04 Å². The summed E-state index contributed by atoms with van der Waals surface area (Å²) in [6.07, 6.45) is 1.82. The lowest BCUT2D eigenvalue weighted by atomic mass is 10.1. The van der Waals surface area contributed by atoms with E-state index >= 15 is 0 Å². The summed E-state index contributed by atoms with van der Waals surface area (Å²) in [7, 11) is 0. The van der Waals surface area contributed by atoms with E-state index in [2.05, 4.69) is 29.1 Å². The smallest absolute Gasteiger partial charge is 0.135 e. The van der Waals surface area contributed by atoms with Crippen LogP contribution in [0.15, 0.2) is 24.3 Å². The first kappa shape index (κ1) is 15.6. The molecule has 0 saturated carbocycles. The van der Waals surface area contributed by atoms with Crippen LogP contribution in [0.25, 0.3) is 0 Å². The van der Waals surface area contributed by atoms with Crippen LogP contribution in [0.4, 0.5) is 11.6 Å². The molecule has 112 valence electrons. The van der Waals surface area contributed by atoms with Gasteiger partial charge in [0.2, 0.25) is 0 Å². The Bertz CT molecular complexity index is 628. The second-order valence-electron chi connectivity index (χ2n) is 5.17. The highest BCUT2D eigenvalue weighted by Crippen LogP contribution is 2.24. The summed E-state index contributed by atoms with van der Waals surface area (Å²) < 4.78 is 0. The molecular weight excluding hydrogens is 284 g/mol. The van der Waals surface area contributed by atoms with Crippen molar-refractivity contribution in [1.82, 2.24) is 9.97 Å². The molecule has 1 unspecified atom stereocenters. The number of hydrogen-bond donors (Lipinski definition) is 2. The van der Waals surface area contributed by atoms with E-state index in [4.69, 9.17) is 17.3 Å². The fraction of sp³-hybridized carbons (Fsp3) is 0.375. The predicted octanol–water partition coefficient (Wildman–Crippen LogP) is 4.15. The summed E-state index contributed by atoms with van der Waals surface area (Å²) >= 11 is 6.04. The zero-order chi connectivity index (χ0) is 15.4. The van der Waals surface area contributed by atoms with E-state index in [1.165, 1.54) is 0 Å². The summed E-state index contributed by atoms with van der Waals surface area (Å²) in [4.78, 5) is 8.90. The van der Waals surface area contributed by atoms with Crippen LogP contribution in [0.5, 0.6) is 0 Å². The van der Waals surface area contributed by atoms with Crippen molar-refractivity contribution in [3.8, 4) is 0 Å². The molecule has 3 N–H and O–H groups in total. The molecule has 0 radical (unpaired) electrons. The molecule has 0 aliphatic heterocycles. The van der Waals surface area contributed by atoms with Crippen LogP contribution in [0, 0.1) is 6.92 Å². The van der Waals surface area contributed by atoms with Gasteiger partial charge in [-0.3, -0.25) is 0 Å². The number of nitrogens with zero attached hydrogens (tertiary/aromatic N) is 2. The number of nitrogens with one attached hydrogen (secondary N) is 1. The van der Waals surface area contributed by atoms with Gasteiger partial charge in [-0.1, -0.05) is 30.7 Å². The van der Waals surface area contributed by atoms with E-state index < -0.39 is 0 Å². The van der Waals surface area contributed by atoms with Crippen molar-refractivity contribution in [3.63, 3.8) is 0 Å². The molecule has 0 aliphatic rings. The normalized spacial score (nSPS) is 12.2. The SMILES string of the molecule is CCCc1nc(N)c(C)c(NC(C)c2cccc(Cl)c2)n1. The number of rotatable bonds is 5. The number of benzene rings is 1. The van der Waals surface area contributed by atoms with Crippen LogP contribution in [0.2, 0.25) is 5.02 Å². The van der Waals surface area contributed by atoms with Crippen LogP contribution in [0.1, 0.15) is 43.3 Å². The van der Waals surface area contributed by atoms with Crippen molar-refractivity contribution in [2.75, 3.05) is 11.1 Å². The Morgan fingerprint density at radius 1 is 1.33 bits per heavy atom. The third-order valence-electron chi connectivity index (χ3n) is 3.41. The fourth-order valence-electron chi connectivity index (χ4n) is 2.12. The number of anilines is 2. The van der Waals surface area contributed by atoms with E-state index in [0.717, 1.165) is 40.6 Å². The lowest BCUT2D eigenvalue weighted by Gasteiger charge is -2.18. The second kappa shape index (κ2) is 6.76. The molecule has 1 atom stereocenters. The van der Waals surface area contributed by atoms with E-state index in [9.17, 15) is 0 Å². The molecule has 0 fully saturated rings. The Balaban J connectivity index is 2.26. The topological polar surface area (TPSA) is 63.8 Å². The van der Waals surface area contributed by atoms with E-state index in [0.29, 0.717) is 5.82 Å². The highest BCUT2D eigenvalue weighted by molar-refractivity contribution is 6.30. The van der Waals surface area contributed by atoms with E-state index in [1.807, 2.05) is 31.2 Å². The Labute approximate surface area is 130 Å². The molecule has 0 amide bonds. The average Bonchev–Trinajstić information content (AvgIpc) is 2.44. The number of aromatic nitrogens is 2. The van der Waals surface area contributed by atoms with Gasteiger partial charge in [-0.25, -0.2) is 9.97 Å².